The maximum Gasteiger partial charge on any atom is 0.340 e. The smallest absolute Gasteiger partial charge is 0.340 e. The van der Waals surface area contributed by atoms with Gasteiger partial charge in [0.05, 0.1) is 5.56 Å². The molecule has 132 valence electrons. The Balaban J connectivity index is 1.96. The molecule has 0 saturated carbocycles. The average molecular weight is 345 g/mol. The molecule has 2 heterocycles. The van der Waals surface area contributed by atoms with Crippen LogP contribution in [0.2, 0.25) is 0 Å². The molecular weight excluding hydrogens is 325 g/mol. The topological polar surface area (TPSA) is 78.2 Å². The van der Waals surface area contributed by atoms with E-state index in [1.54, 1.807) is 0 Å². The summed E-state index contributed by atoms with van der Waals surface area (Å²) in [7, 11) is 0. The lowest BCUT2D eigenvalue weighted by Crippen LogP contribution is -2.27. The van der Waals surface area contributed by atoms with Crippen molar-refractivity contribution < 1.29 is 13.9 Å². The number of nitrogens with zero attached hydrogens (tertiary/aromatic N) is 1. The highest BCUT2D eigenvalue weighted by molar-refractivity contribution is 6.14. The third kappa shape index (κ3) is 3.28. The fourth-order valence-electron chi connectivity index (χ4n) is 2.95. The number of rotatable bonds is 6. The van der Waals surface area contributed by atoms with Gasteiger partial charge in [-0.2, -0.15) is 0 Å². The Bertz CT molecular complexity index is 973. The summed E-state index contributed by atoms with van der Waals surface area (Å²) in [5.41, 5.74) is 0.567. The number of benzene rings is 1. The number of hydrogen-bond acceptors (Lipinski definition) is 4. The van der Waals surface area contributed by atoms with Crippen LogP contribution in [0.15, 0.2) is 29.2 Å². The molecule has 0 spiro atoms. The van der Waals surface area contributed by atoms with Gasteiger partial charge < -0.3 is 19.6 Å². The van der Waals surface area contributed by atoms with Crippen molar-refractivity contribution in [3.8, 4) is 0 Å². The van der Waals surface area contributed by atoms with Gasteiger partial charge in [0.2, 0.25) is 0 Å². The molecule has 6 nitrogen and oxygen atoms in total. The summed E-state index contributed by atoms with van der Waals surface area (Å²) in [5.74, 6) is -0.975. The molecule has 0 aliphatic carbocycles. The molecule has 3 rings (SSSR count). The second-order valence-electron chi connectivity index (χ2n) is 5.76. The summed E-state index contributed by atoms with van der Waals surface area (Å²) in [4.78, 5) is 32.2. The van der Waals surface area contributed by atoms with Gasteiger partial charge in [-0.3, -0.25) is 4.79 Å². The predicted octanol–water partition coefficient (Wildman–Crippen LogP) is 2.65. The van der Waals surface area contributed by atoms with Gasteiger partial charge in [0.15, 0.2) is 0 Å². The highest BCUT2D eigenvalue weighted by Gasteiger charge is 2.18. The molecule has 0 fully saturated rings. The minimum atomic E-state index is -0.533. The van der Waals surface area contributed by atoms with E-state index in [9.17, 15) is 14.0 Å². The number of fused-ring (bicyclic) bond motifs is 3. The molecule has 0 saturated heterocycles. The Morgan fingerprint density at radius 3 is 2.76 bits per heavy atom. The van der Waals surface area contributed by atoms with Crippen LogP contribution in [-0.4, -0.2) is 47.1 Å². The van der Waals surface area contributed by atoms with Gasteiger partial charge in [0.25, 0.3) is 5.56 Å². The Morgan fingerprint density at radius 1 is 1.28 bits per heavy atom. The first kappa shape index (κ1) is 17.2. The number of pyridine rings is 1. The Morgan fingerprint density at radius 2 is 2.04 bits per heavy atom. The molecule has 0 unspecified atom stereocenters. The zero-order valence-electron chi connectivity index (χ0n) is 14.2. The molecule has 0 atom stereocenters. The number of hydrogen-bond donors (Lipinski definition) is 2. The Labute approximate surface area is 143 Å². The lowest BCUT2D eigenvalue weighted by Gasteiger charge is -2.17. The number of H-pyrrole nitrogens is 2. The fourth-order valence-corrected chi connectivity index (χ4v) is 2.95. The van der Waals surface area contributed by atoms with Crippen LogP contribution in [0.25, 0.3) is 21.8 Å². The van der Waals surface area contributed by atoms with E-state index in [2.05, 4.69) is 14.9 Å². The van der Waals surface area contributed by atoms with E-state index in [4.69, 9.17) is 4.74 Å². The van der Waals surface area contributed by atoms with Crippen molar-refractivity contribution in [3.63, 3.8) is 0 Å². The summed E-state index contributed by atoms with van der Waals surface area (Å²) < 4.78 is 19.0. The molecule has 7 heteroatoms. The second-order valence-corrected chi connectivity index (χ2v) is 5.76. The van der Waals surface area contributed by atoms with Crippen molar-refractivity contribution in [3.05, 3.63) is 46.1 Å². The van der Waals surface area contributed by atoms with E-state index in [0.717, 1.165) is 13.1 Å². The van der Waals surface area contributed by atoms with Gasteiger partial charge >= 0.3 is 5.97 Å². The summed E-state index contributed by atoms with van der Waals surface area (Å²) >= 11 is 0. The van der Waals surface area contributed by atoms with Crippen molar-refractivity contribution in [1.29, 1.82) is 0 Å². The third-order valence-corrected chi connectivity index (χ3v) is 4.36. The van der Waals surface area contributed by atoms with Gasteiger partial charge in [-0.05, 0) is 31.3 Å². The molecule has 0 bridgehead atoms. The number of ether oxygens (including phenoxy) is 1. The van der Waals surface area contributed by atoms with E-state index in [-0.39, 0.29) is 23.2 Å². The first-order chi connectivity index (χ1) is 12.0. The van der Waals surface area contributed by atoms with Crippen LogP contribution in [-0.2, 0) is 4.74 Å². The van der Waals surface area contributed by atoms with Crippen LogP contribution in [0, 0.1) is 5.82 Å². The van der Waals surface area contributed by atoms with Crippen LogP contribution in [0.1, 0.15) is 24.2 Å². The molecule has 0 aliphatic rings. The number of esters is 1. The normalized spacial score (nSPS) is 11.5. The highest BCUT2D eigenvalue weighted by atomic mass is 19.1. The largest absolute Gasteiger partial charge is 0.461 e. The number of aromatic nitrogens is 2. The molecule has 3 aromatic rings. The van der Waals surface area contributed by atoms with Crippen LogP contribution in [0.4, 0.5) is 4.39 Å². The van der Waals surface area contributed by atoms with Gasteiger partial charge in [-0.1, -0.05) is 13.8 Å². The van der Waals surface area contributed by atoms with Gasteiger partial charge in [-0.25, -0.2) is 9.18 Å². The monoisotopic (exact) mass is 345 g/mol. The van der Waals surface area contributed by atoms with Crippen LogP contribution in [0.5, 0.6) is 0 Å². The van der Waals surface area contributed by atoms with Gasteiger partial charge in [0.1, 0.15) is 17.9 Å². The predicted molar refractivity (Wildman–Crippen MR) is 94.5 cm³/mol. The summed E-state index contributed by atoms with van der Waals surface area (Å²) in [6.07, 6.45) is 1.43. The van der Waals surface area contributed by atoms with Gasteiger partial charge in [-0.15, -0.1) is 0 Å². The molecule has 25 heavy (non-hydrogen) atoms. The quantitative estimate of drug-likeness (QED) is 0.673. The van der Waals surface area contributed by atoms with Crippen LogP contribution in [0.3, 0.4) is 0 Å². The molecule has 2 N–H and O–H groups in total. The van der Waals surface area contributed by atoms with E-state index in [0.29, 0.717) is 22.8 Å². The second kappa shape index (κ2) is 7.06. The number of carbonyl (C=O) groups is 1. The lowest BCUT2D eigenvalue weighted by molar-refractivity contribution is 0.0469. The van der Waals surface area contributed by atoms with Crippen molar-refractivity contribution >= 4 is 27.8 Å². The first-order valence-electron chi connectivity index (χ1n) is 8.27. The van der Waals surface area contributed by atoms with Crippen molar-refractivity contribution in [2.24, 2.45) is 0 Å². The molecule has 0 amide bonds. The Kier molecular flexibility index (Phi) is 4.85. The molecular formula is C18H20FN3O3. The zero-order chi connectivity index (χ0) is 18.0. The highest BCUT2D eigenvalue weighted by Crippen LogP contribution is 2.25. The first-order valence-corrected chi connectivity index (χ1v) is 8.27. The number of likely N-dealkylation sites (N-methyl/N-ethyl adjacent to an activating group) is 1. The average Bonchev–Trinajstić information content (AvgIpc) is 3.05. The maximum atomic E-state index is 13.6. The van der Waals surface area contributed by atoms with Gasteiger partial charge in [0, 0.05) is 29.0 Å². The number of halogens is 1. The molecule has 0 aliphatic heterocycles. The lowest BCUT2D eigenvalue weighted by atomic mass is 10.1. The fraction of sp³-hybridized carbons (Fsp3) is 0.333. The summed E-state index contributed by atoms with van der Waals surface area (Å²) in [6, 6.07) is 4.04. The van der Waals surface area contributed by atoms with E-state index in [1.807, 2.05) is 13.8 Å². The minimum Gasteiger partial charge on any atom is -0.461 e. The third-order valence-electron chi connectivity index (χ3n) is 4.36. The van der Waals surface area contributed by atoms with E-state index in [1.165, 1.54) is 24.4 Å². The van der Waals surface area contributed by atoms with Crippen LogP contribution < -0.4 is 5.56 Å². The number of nitrogens with one attached hydrogen (secondary N) is 2. The minimum absolute atomic E-state index is 0.230. The number of aromatic amines is 2. The SMILES string of the molecule is CCN(CC)CCOC(=O)c1c[nH]c2c(=O)[nH]c3ccc(F)cc3c12. The van der Waals surface area contributed by atoms with Crippen molar-refractivity contribution in [2.75, 3.05) is 26.2 Å². The van der Waals surface area contributed by atoms with Crippen molar-refractivity contribution in [1.82, 2.24) is 14.9 Å². The van der Waals surface area contributed by atoms with Crippen molar-refractivity contribution in [2.45, 2.75) is 13.8 Å². The van der Waals surface area contributed by atoms with E-state index >= 15 is 0 Å². The zero-order valence-corrected chi connectivity index (χ0v) is 14.2. The summed E-state index contributed by atoms with van der Waals surface area (Å²) in [6.45, 7) is 6.72. The molecule has 2 aromatic heterocycles. The Hall–Kier alpha value is -2.67. The maximum absolute atomic E-state index is 13.6. The number of carbonyl (C=O) groups excluding carboxylic acids is 1. The van der Waals surface area contributed by atoms with Crippen LogP contribution >= 0.6 is 0 Å². The molecule has 0 radical (unpaired) electrons. The van der Waals surface area contributed by atoms with E-state index < -0.39 is 11.8 Å². The molecule has 1 aromatic carbocycles. The standard InChI is InChI=1S/C18H20FN3O3/c1-3-22(4-2)7-8-25-18(24)13-10-20-16-15(13)12-9-11(19)5-6-14(12)21-17(16)23/h5-6,9-10,20H,3-4,7-8H2,1-2H3,(H,21,23). The summed E-state index contributed by atoms with van der Waals surface area (Å²) in [5, 5.41) is 0.845.